The van der Waals surface area contributed by atoms with E-state index in [9.17, 15) is 24.0 Å². The van der Waals surface area contributed by atoms with Gasteiger partial charge in [-0.25, -0.2) is 0 Å². The van der Waals surface area contributed by atoms with Gasteiger partial charge < -0.3 is 14.5 Å². The van der Waals surface area contributed by atoms with Crippen molar-refractivity contribution in [3.05, 3.63) is 48.0 Å². The molecule has 44 heavy (non-hydrogen) atoms. The second kappa shape index (κ2) is 12.4. The number of carbonyl (C=O) groups excluding carboxylic acids is 5. The average molecular weight is 605 g/mol. The minimum absolute atomic E-state index is 0.00895. The minimum atomic E-state index is -1.04. The first-order valence-corrected chi connectivity index (χ1v) is 15.9. The lowest BCUT2D eigenvalue weighted by atomic mass is 9.86. The molecule has 0 N–H and O–H groups in total. The van der Waals surface area contributed by atoms with E-state index >= 15 is 0 Å². The summed E-state index contributed by atoms with van der Waals surface area (Å²) in [6.07, 6.45) is 9.00. The Morgan fingerprint density at radius 1 is 1.05 bits per heavy atom. The fraction of sp³-hybridized carbons (Fsp3) is 0.600. The van der Waals surface area contributed by atoms with Crippen molar-refractivity contribution in [3.63, 3.8) is 0 Å². The number of ether oxygens (including phenoxy) is 1. The number of ketones is 3. The third kappa shape index (κ3) is 6.87. The van der Waals surface area contributed by atoms with Gasteiger partial charge in [0.15, 0.2) is 11.4 Å². The van der Waals surface area contributed by atoms with E-state index in [1.165, 1.54) is 0 Å². The van der Waals surface area contributed by atoms with Crippen molar-refractivity contribution >= 4 is 34.9 Å². The highest BCUT2D eigenvalue weighted by molar-refractivity contribution is 6.46. The zero-order chi connectivity index (χ0) is 31.7. The molecule has 2 fully saturated rings. The predicted octanol–water partition coefficient (Wildman–Crippen LogP) is 5.41. The number of hydrogen-bond donors (Lipinski definition) is 0. The maximum Gasteiger partial charge on any atom is 0.307 e. The smallest absolute Gasteiger partial charge is 0.307 e. The van der Waals surface area contributed by atoms with Gasteiger partial charge in [-0.15, -0.1) is 0 Å². The van der Waals surface area contributed by atoms with Crippen LogP contribution in [0.5, 0.6) is 0 Å². The molecule has 0 bridgehead atoms. The lowest BCUT2D eigenvalue weighted by molar-refractivity contribution is -0.159. The number of carbonyl (C=O) groups is 5. The van der Waals surface area contributed by atoms with Gasteiger partial charge >= 0.3 is 5.97 Å². The van der Waals surface area contributed by atoms with Crippen molar-refractivity contribution in [2.75, 3.05) is 6.54 Å². The third-order valence-electron chi connectivity index (χ3n) is 9.49. The largest absolute Gasteiger partial charge is 0.460 e. The molecule has 1 spiro atoms. The SMILES string of the molecule is CC(=O)C12CC(=O)C3CC4(CC(C(=O)c5ccccc5)=NO4)CN3C(=O)C(CC(=O)OC(C)(C)C)CCCCC/C=C\C1C2. The summed E-state index contributed by atoms with van der Waals surface area (Å²) in [5.41, 5.74) is -1.75. The van der Waals surface area contributed by atoms with Gasteiger partial charge in [-0.05, 0) is 59.3 Å². The van der Waals surface area contributed by atoms with Crippen molar-refractivity contribution < 1.29 is 33.5 Å². The standard InChI is InChI=1S/C35H44N2O7/c1-23(38)35-18-26(35)16-12-7-5-6-9-15-25(17-30(40)43-33(2,3)4)32(42)37-22-34(20-28(37)29(39)21-35)19-27(36-44-34)31(41)24-13-10-8-11-14-24/h8,10-14,16,25-26,28H,5-7,9,15,17-22H2,1-4H3/b16-12-. The van der Waals surface area contributed by atoms with Crippen LogP contribution in [-0.4, -0.2) is 63.6 Å². The fourth-order valence-corrected chi connectivity index (χ4v) is 7.03. The van der Waals surface area contributed by atoms with Gasteiger partial charge in [0.2, 0.25) is 11.7 Å². The van der Waals surface area contributed by atoms with Crippen molar-refractivity contribution in [3.8, 4) is 0 Å². The van der Waals surface area contributed by atoms with Crippen LogP contribution in [0.4, 0.5) is 0 Å². The zero-order valence-corrected chi connectivity index (χ0v) is 26.3. The van der Waals surface area contributed by atoms with Crippen molar-refractivity contribution in [1.29, 1.82) is 0 Å². The average Bonchev–Trinajstić information content (AvgIpc) is 3.31. The molecule has 1 aromatic carbocycles. The number of esters is 1. The van der Waals surface area contributed by atoms with Gasteiger partial charge in [0.1, 0.15) is 17.1 Å². The summed E-state index contributed by atoms with van der Waals surface area (Å²) < 4.78 is 5.58. The van der Waals surface area contributed by atoms with Crippen LogP contribution in [0.2, 0.25) is 0 Å². The second-order valence-electron chi connectivity index (χ2n) is 14.1. The molecular formula is C35H44N2O7. The Labute approximate surface area is 259 Å². The summed E-state index contributed by atoms with van der Waals surface area (Å²) in [5, 5.41) is 4.16. The molecule has 0 radical (unpaired) electrons. The van der Waals surface area contributed by atoms with E-state index in [2.05, 4.69) is 17.3 Å². The molecule has 9 heteroatoms. The number of hydrogen-bond acceptors (Lipinski definition) is 8. The summed E-state index contributed by atoms with van der Waals surface area (Å²) in [4.78, 5) is 74.9. The van der Waals surface area contributed by atoms with Gasteiger partial charge in [0.05, 0.1) is 19.0 Å². The van der Waals surface area contributed by atoms with E-state index in [1.807, 2.05) is 6.07 Å². The highest BCUT2D eigenvalue weighted by Crippen LogP contribution is 2.57. The van der Waals surface area contributed by atoms with Crippen molar-refractivity contribution in [2.45, 2.75) is 109 Å². The fourth-order valence-electron chi connectivity index (χ4n) is 7.03. The molecule has 1 amide bonds. The van der Waals surface area contributed by atoms with E-state index in [1.54, 1.807) is 56.9 Å². The molecule has 1 aliphatic carbocycles. The number of nitrogens with zero attached hydrogens (tertiary/aromatic N) is 2. The predicted molar refractivity (Wildman–Crippen MR) is 164 cm³/mol. The van der Waals surface area contributed by atoms with Gasteiger partial charge in [-0.3, -0.25) is 24.0 Å². The van der Waals surface area contributed by atoms with E-state index in [4.69, 9.17) is 9.57 Å². The Kier molecular flexibility index (Phi) is 8.96. The molecule has 1 saturated heterocycles. The minimum Gasteiger partial charge on any atom is -0.460 e. The van der Waals surface area contributed by atoms with E-state index < -0.39 is 34.5 Å². The van der Waals surface area contributed by atoms with Crippen LogP contribution >= 0.6 is 0 Å². The Balaban J connectivity index is 1.43. The van der Waals surface area contributed by atoms with E-state index in [0.29, 0.717) is 18.4 Å². The Morgan fingerprint density at radius 3 is 2.50 bits per heavy atom. The normalized spacial score (nSPS) is 31.6. The molecule has 5 atom stereocenters. The molecule has 236 valence electrons. The van der Waals surface area contributed by atoms with Crippen LogP contribution in [-0.2, 0) is 28.8 Å². The summed E-state index contributed by atoms with van der Waals surface area (Å²) in [6.45, 7) is 6.98. The Bertz CT molecular complexity index is 1380. The quantitative estimate of drug-likeness (QED) is 0.251. The molecular weight excluding hydrogens is 560 g/mol. The number of rotatable bonds is 5. The lowest BCUT2D eigenvalue weighted by Crippen LogP contribution is -2.46. The lowest BCUT2D eigenvalue weighted by Gasteiger charge is -2.29. The van der Waals surface area contributed by atoms with E-state index in [-0.39, 0.29) is 67.1 Å². The summed E-state index contributed by atoms with van der Waals surface area (Å²) in [7, 11) is 0. The molecule has 3 heterocycles. The summed E-state index contributed by atoms with van der Waals surface area (Å²) in [6, 6.07) is 7.95. The number of Topliss-reactive ketones (excluding diaryl/α,β-unsaturated/α-hetero) is 3. The maximum atomic E-state index is 14.3. The first-order valence-electron chi connectivity index (χ1n) is 15.9. The number of amides is 1. The third-order valence-corrected chi connectivity index (χ3v) is 9.49. The molecule has 4 aliphatic rings. The Hall–Kier alpha value is -3.62. The topological polar surface area (TPSA) is 119 Å². The van der Waals surface area contributed by atoms with Crippen LogP contribution in [0.25, 0.3) is 0 Å². The van der Waals surface area contributed by atoms with Gasteiger partial charge in [0, 0.05) is 36.2 Å². The van der Waals surface area contributed by atoms with Crippen LogP contribution in [0.15, 0.2) is 47.6 Å². The molecule has 1 saturated carbocycles. The maximum absolute atomic E-state index is 14.3. The van der Waals surface area contributed by atoms with Gasteiger partial charge in [-0.2, -0.15) is 0 Å². The molecule has 5 unspecified atom stereocenters. The number of allylic oxidation sites excluding steroid dienone is 2. The van der Waals surface area contributed by atoms with Crippen LogP contribution in [0.1, 0.15) is 102 Å². The summed E-state index contributed by atoms with van der Waals surface area (Å²) in [5.74, 6) is -1.88. The van der Waals surface area contributed by atoms with Crippen molar-refractivity contribution in [2.24, 2.45) is 22.4 Å². The highest BCUT2D eigenvalue weighted by Gasteiger charge is 2.60. The first kappa shape index (κ1) is 31.8. The van der Waals surface area contributed by atoms with Crippen LogP contribution < -0.4 is 0 Å². The number of benzene rings is 1. The Morgan fingerprint density at radius 2 is 1.80 bits per heavy atom. The van der Waals surface area contributed by atoms with Gasteiger partial charge in [0.25, 0.3) is 0 Å². The van der Waals surface area contributed by atoms with Crippen LogP contribution in [0, 0.1) is 17.3 Å². The molecule has 5 rings (SSSR count). The van der Waals surface area contributed by atoms with Crippen LogP contribution in [0.3, 0.4) is 0 Å². The zero-order valence-electron chi connectivity index (χ0n) is 26.3. The van der Waals surface area contributed by atoms with E-state index in [0.717, 1.165) is 25.7 Å². The number of fused-ring (bicyclic) bond motifs is 2. The van der Waals surface area contributed by atoms with Crippen molar-refractivity contribution in [1.82, 2.24) is 4.90 Å². The summed E-state index contributed by atoms with van der Waals surface area (Å²) >= 11 is 0. The molecule has 1 aromatic rings. The highest BCUT2D eigenvalue weighted by atomic mass is 16.7. The van der Waals surface area contributed by atoms with Gasteiger partial charge in [-0.1, -0.05) is 60.5 Å². The monoisotopic (exact) mass is 604 g/mol. The molecule has 3 aliphatic heterocycles. The first-order chi connectivity index (χ1) is 20.8. The second-order valence-corrected chi connectivity index (χ2v) is 14.1. The molecule has 0 aromatic heterocycles. The number of oxime groups is 1. The molecule has 9 nitrogen and oxygen atoms in total.